The van der Waals surface area contributed by atoms with Crippen LogP contribution in [-0.4, -0.2) is 31.2 Å². The van der Waals surface area contributed by atoms with Crippen molar-refractivity contribution in [3.05, 3.63) is 52.8 Å². The fourth-order valence-electron chi connectivity index (χ4n) is 3.52. The number of hydrogen-bond acceptors (Lipinski definition) is 5. The molecule has 0 N–H and O–H groups in total. The minimum absolute atomic E-state index is 0.318. The van der Waals surface area contributed by atoms with Crippen LogP contribution < -0.4 is 0 Å². The van der Waals surface area contributed by atoms with Crippen molar-refractivity contribution in [2.75, 3.05) is 6.54 Å². The Hall–Kier alpha value is -2.47. The highest BCUT2D eigenvalue weighted by Crippen LogP contribution is 2.31. The molecule has 6 nitrogen and oxygen atoms in total. The fourth-order valence-corrected chi connectivity index (χ4v) is 3.52. The molecule has 6 heteroatoms. The van der Waals surface area contributed by atoms with Gasteiger partial charge in [0, 0.05) is 49.6 Å². The molecule has 0 saturated heterocycles. The SMILES string of the molecule is Cc1ccc(CN2CCc3c(c(-c4ncc(C)o4)nn3C(C)C)C2)nc1. The van der Waals surface area contributed by atoms with Crippen LogP contribution >= 0.6 is 0 Å². The molecule has 0 aromatic carbocycles. The summed E-state index contributed by atoms with van der Waals surface area (Å²) in [5.41, 5.74) is 5.71. The standard InChI is InChI=1S/C20H25N5O/c1-13(2)25-18-7-8-24(11-16-6-5-14(3)9-21-16)12-17(18)19(23-25)20-22-10-15(4)26-20/h5-6,9-10,13H,7-8,11-12H2,1-4H3. The van der Waals surface area contributed by atoms with Crippen LogP contribution in [0, 0.1) is 13.8 Å². The molecule has 1 aliphatic rings. The molecule has 0 bridgehead atoms. The topological polar surface area (TPSA) is 60.0 Å². The van der Waals surface area contributed by atoms with Gasteiger partial charge < -0.3 is 4.42 Å². The lowest BCUT2D eigenvalue weighted by molar-refractivity contribution is 0.238. The molecule has 0 atom stereocenters. The van der Waals surface area contributed by atoms with Gasteiger partial charge in [0.2, 0.25) is 5.89 Å². The molecule has 0 aliphatic carbocycles. The summed E-state index contributed by atoms with van der Waals surface area (Å²) in [5.74, 6) is 1.43. The molecular weight excluding hydrogens is 326 g/mol. The molecule has 0 saturated carbocycles. The molecule has 4 heterocycles. The number of fused-ring (bicyclic) bond motifs is 1. The van der Waals surface area contributed by atoms with E-state index in [-0.39, 0.29) is 0 Å². The van der Waals surface area contributed by atoms with Crippen molar-refractivity contribution in [3.8, 4) is 11.6 Å². The van der Waals surface area contributed by atoms with Crippen LogP contribution in [0.15, 0.2) is 28.9 Å². The van der Waals surface area contributed by atoms with Gasteiger partial charge in [0.25, 0.3) is 0 Å². The third-order valence-corrected chi connectivity index (χ3v) is 4.84. The maximum atomic E-state index is 5.78. The van der Waals surface area contributed by atoms with Gasteiger partial charge in [-0.15, -0.1) is 0 Å². The van der Waals surface area contributed by atoms with E-state index in [1.54, 1.807) is 6.20 Å². The van der Waals surface area contributed by atoms with Crippen molar-refractivity contribution in [3.63, 3.8) is 0 Å². The van der Waals surface area contributed by atoms with Crippen molar-refractivity contribution in [2.24, 2.45) is 0 Å². The summed E-state index contributed by atoms with van der Waals surface area (Å²) in [4.78, 5) is 11.4. The number of aromatic nitrogens is 4. The number of pyridine rings is 1. The van der Waals surface area contributed by atoms with Crippen LogP contribution in [0.4, 0.5) is 0 Å². The van der Waals surface area contributed by atoms with Crippen molar-refractivity contribution < 1.29 is 4.42 Å². The molecule has 0 fully saturated rings. The lowest BCUT2D eigenvalue weighted by atomic mass is 10.0. The Kier molecular flexibility index (Phi) is 4.36. The lowest BCUT2D eigenvalue weighted by Gasteiger charge is -2.27. The molecule has 0 radical (unpaired) electrons. The van der Waals surface area contributed by atoms with Crippen LogP contribution in [0.2, 0.25) is 0 Å². The zero-order valence-corrected chi connectivity index (χ0v) is 15.9. The minimum atomic E-state index is 0.318. The molecule has 0 spiro atoms. The largest absolute Gasteiger partial charge is 0.440 e. The first kappa shape index (κ1) is 17.0. The first-order valence-electron chi connectivity index (χ1n) is 9.18. The third-order valence-electron chi connectivity index (χ3n) is 4.84. The van der Waals surface area contributed by atoms with Gasteiger partial charge in [0.1, 0.15) is 5.76 Å². The van der Waals surface area contributed by atoms with Crippen LogP contribution in [0.3, 0.4) is 0 Å². The molecule has 0 amide bonds. The third kappa shape index (κ3) is 3.17. The number of oxazole rings is 1. The second-order valence-corrected chi connectivity index (χ2v) is 7.38. The van der Waals surface area contributed by atoms with E-state index in [4.69, 9.17) is 9.52 Å². The van der Waals surface area contributed by atoms with E-state index in [9.17, 15) is 0 Å². The zero-order chi connectivity index (χ0) is 18.3. The average Bonchev–Trinajstić information content (AvgIpc) is 3.20. The quantitative estimate of drug-likeness (QED) is 0.717. The highest BCUT2D eigenvalue weighted by atomic mass is 16.4. The van der Waals surface area contributed by atoms with Gasteiger partial charge in [-0.25, -0.2) is 4.98 Å². The number of nitrogens with zero attached hydrogens (tertiary/aromatic N) is 5. The first-order chi connectivity index (χ1) is 12.5. The van der Waals surface area contributed by atoms with E-state index in [0.717, 1.165) is 43.2 Å². The normalized spacial score (nSPS) is 14.8. The second-order valence-electron chi connectivity index (χ2n) is 7.38. The van der Waals surface area contributed by atoms with E-state index in [1.807, 2.05) is 13.1 Å². The summed E-state index contributed by atoms with van der Waals surface area (Å²) in [7, 11) is 0. The van der Waals surface area contributed by atoms with Gasteiger partial charge in [-0.1, -0.05) is 6.07 Å². The molecule has 3 aromatic heterocycles. The Morgan fingerprint density at radius 2 is 2.00 bits per heavy atom. The van der Waals surface area contributed by atoms with Crippen LogP contribution in [0.25, 0.3) is 11.6 Å². The van der Waals surface area contributed by atoms with E-state index < -0.39 is 0 Å². The van der Waals surface area contributed by atoms with Gasteiger partial charge in [-0.2, -0.15) is 5.10 Å². The molecular formula is C20H25N5O. The molecule has 26 heavy (non-hydrogen) atoms. The molecule has 136 valence electrons. The van der Waals surface area contributed by atoms with E-state index in [2.05, 4.69) is 52.5 Å². The van der Waals surface area contributed by atoms with Crippen LogP contribution in [-0.2, 0) is 19.5 Å². The van der Waals surface area contributed by atoms with Gasteiger partial charge >= 0.3 is 0 Å². The first-order valence-corrected chi connectivity index (χ1v) is 9.18. The van der Waals surface area contributed by atoms with E-state index >= 15 is 0 Å². The predicted molar refractivity (Wildman–Crippen MR) is 99.6 cm³/mol. The lowest BCUT2D eigenvalue weighted by Crippen LogP contribution is -2.31. The fraction of sp³-hybridized carbons (Fsp3) is 0.450. The number of aryl methyl sites for hydroxylation is 2. The Balaban J connectivity index is 1.65. The van der Waals surface area contributed by atoms with E-state index in [0.29, 0.717) is 11.9 Å². The maximum Gasteiger partial charge on any atom is 0.247 e. The number of rotatable bonds is 4. The Morgan fingerprint density at radius 1 is 1.15 bits per heavy atom. The molecule has 4 rings (SSSR count). The summed E-state index contributed by atoms with van der Waals surface area (Å²) in [6.45, 7) is 11.0. The van der Waals surface area contributed by atoms with Crippen LogP contribution in [0.5, 0.6) is 0 Å². The van der Waals surface area contributed by atoms with Gasteiger partial charge in [0.15, 0.2) is 5.69 Å². The Labute approximate surface area is 153 Å². The highest BCUT2D eigenvalue weighted by molar-refractivity contribution is 5.55. The summed E-state index contributed by atoms with van der Waals surface area (Å²) >= 11 is 0. The van der Waals surface area contributed by atoms with Gasteiger partial charge in [-0.05, 0) is 39.3 Å². The van der Waals surface area contributed by atoms with Crippen molar-refractivity contribution >= 4 is 0 Å². The smallest absolute Gasteiger partial charge is 0.247 e. The van der Waals surface area contributed by atoms with Crippen molar-refractivity contribution in [1.29, 1.82) is 0 Å². The maximum absolute atomic E-state index is 5.78. The summed E-state index contributed by atoms with van der Waals surface area (Å²) in [6.07, 6.45) is 4.67. The van der Waals surface area contributed by atoms with Gasteiger partial charge in [0.05, 0.1) is 11.9 Å². The predicted octanol–water partition coefficient (Wildman–Crippen LogP) is 3.69. The van der Waals surface area contributed by atoms with Crippen molar-refractivity contribution in [1.82, 2.24) is 24.6 Å². The minimum Gasteiger partial charge on any atom is -0.440 e. The monoisotopic (exact) mass is 351 g/mol. The van der Waals surface area contributed by atoms with Crippen LogP contribution in [0.1, 0.15) is 48.2 Å². The van der Waals surface area contributed by atoms with Crippen molar-refractivity contribution in [2.45, 2.75) is 53.2 Å². The summed E-state index contributed by atoms with van der Waals surface area (Å²) in [6, 6.07) is 4.55. The Morgan fingerprint density at radius 3 is 2.65 bits per heavy atom. The average molecular weight is 351 g/mol. The highest BCUT2D eigenvalue weighted by Gasteiger charge is 2.28. The summed E-state index contributed by atoms with van der Waals surface area (Å²) in [5, 5.41) is 4.85. The molecule has 3 aromatic rings. The molecule has 0 unspecified atom stereocenters. The zero-order valence-electron chi connectivity index (χ0n) is 15.9. The second kappa shape index (κ2) is 6.68. The molecule has 1 aliphatic heterocycles. The number of hydrogen-bond donors (Lipinski definition) is 0. The summed E-state index contributed by atoms with van der Waals surface area (Å²) < 4.78 is 7.91. The van der Waals surface area contributed by atoms with Gasteiger partial charge in [-0.3, -0.25) is 14.6 Å². The Bertz CT molecular complexity index is 907. The van der Waals surface area contributed by atoms with E-state index in [1.165, 1.54) is 16.8 Å².